The second-order valence-electron chi connectivity index (χ2n) is 6.79. The molecule has 2 aromatic rings. The standard InChI is InChI=1S/C16H18S2.C6H12N2S4/c1-13(15-9-5-3-6-10-15)17-18-14(2)16-11-7-4-8-12-16;1-7(2)5(9)11-12-6(10)8(3)4/h3-14H,1-2H3;1-4H3. The fourth-order valence-corrected chi connectivity index (χ4v) is 6.86. The molecule has 0 heterocycles. The summed E-state index contributed by atoms with van der Waals surface area (Å²) in [6.45, 7) is 4.54. The van der Waals surface area contributed by atoms with Gasteiger partial charge in [0, 0.05) is 38.7 Å². The highest BCUT2D eigenvalue weighted by Crippen LogP contribution is 2.45. The second-order valence-corrected chi connectivity index (χ2v) is 13.1. The highest BCUT2D eigenvalue weighted by atomic mass is 33.1. The molecule has 0 saturated carbocycles. The first-order valence-electron chi connectivity index (χ1n) is 9.41. The van der Waals surface area contributed by atoms with Crippen LogP contribution in [0.25, 0.3) is 0 Å². The van der Waals surface area contributed by atoms with Crippen molar-refractivity contribution in [3.63, 3.8) is 0 Å². The van der Waals surface area contributed by atoms with Crippen LogP contribution in [0.5, 0.6) is 0 Å². The molecular weight excluding hydrogens is 485 g/mol. The minimum absolute atomic E-state index is 0.530. The molecule has 164 valence electrons. The van der Waals surface area contributed by atoms with Crippen molar-refractivity contribution in [1.82, 2.24) is 9.80 Å². The summed E-state index contributed by atoms with van der Waals surface area (Å²) in [4.78, 5) is 3.79. The van der Waals surface area contributed by atoms with Crippen LogP contribution in [0.1, 0.15) is 35.5 Å². The lowest BCUT2D eigenvalue weighted by Gasteiger charge is -2.15. The van der Waals surface area contributed by atoms with E-state index >= 15 is 0 Å². The number of benzene rings is 2. The molecule has 8 heteroatoms. The molecule has 0 saturated heterocycles. The maximum Gasteiger partial charge on any atom is 0.146 e. The Morgan fingerprint density at radius 1 is 0.633 bits per heavy atom. The van der Waals surface area contributed by atoms with Gasteiger partial charge in [0.05, 0.1) is 0 Å². The van der Waals surface area contributed by atoms with Crippen LogP contribution in [0.15, 0.2) is 60.7 Å². The normalized spacial score (nSPS) is 12.2. The van der Waals surface area contributed by atoms with Crippen LogP contribution in [0, 0.1) is 0 Å². The maximum absolute atomic E-state index is 5.07. The van der Waals surface area contributed by atoms with Crippen molar-refractivity contribution in [2.45, 2.75) is 24.3 Å². The molecule has 0 N–H and O–H groups in total. The Bertz CT molecular complexity index is 687. The van der Waals surface area contributed by atoms with Gasteiger partial charge in [-0.05, 0) is 46.6 Å². The van der Waals surface area contributed by atoms with Crippen molar-refractivity contribution < 1.29 is 0 Å². The summed E-state index contributed by atoms with van der Waals surface area (Å²) in [5.41, 5.74) is 2.80. The van der Waals surface area contributed by atoms with Crippen molar-refractivity contribution in [1.29, 1.82) is 0 Å². The Morgan fingerprint density at radius 2 is 0.933 bits per heavy atom. The van der Waals surface area contributed by atoms with Crippen LogP contribution in [0.4, 0.5) is 0 Å². The summed E-state index contributed by atoms with van der Waals surface area (Å²) in [5, 5.41) is 1.06. The number of thiocarbonyl (C=S) groups is 2. The second kappa shape index (κ2) is 15.4. The lowest BCUT2D eigenvalue weighted by atomic mass is 10.2. The summed E-state index contributed by atoms with van der Waals surface area (Å²) in [5.74, 6) is 0. The Balaban J connectivity index is 0.000000329. The van der Waals surface area contributed by atoms with Crippen LogP contribution in [-0.4, -0.2) is 46.6 Å². The molecule has 2 nitrogen and oxygen atoms in total. The zero-order valence-electron chi connectivity index (χ0n) is 18.3. The third-order valence-electron chi connectivity index (χ3n) is 3.80. The minimum Gasteiger partial charge on any atom is -0.363 e. The zero-order chi connectivity index (χ0) is 22.5. The first kappa shape index (κ1) is 27.7. The van der Waals surface area contributed by atoms with Gasteiger partial charge in [-0.15, -0.1) is 0 Å². The molecular formula is C22H30N2S6. The number of hydrogen-bond donors (Lipinski definition) is 0. The molecule has 0 spiro atoms. The lowest BCUT2D eigenvalue weighted by molar-refractivity contribution is 0.647. The molecule has 0 fully saturated rings. The Hall–Kier alpha value is -0.380. The Morgan fingerprint density at radius 3 is 1.20 bits per heavy atom. The molecule has 30 heavy (non-hydrogen) atoms. The molecule has 0 aliphatic carbocycles. The van der Waals surface area contributed by atoms with E-state index in [0.29, 0.717) is 10.5 Å². The molecule has 0 aliphatic rings. The topological polar surface area (TPSA) is 6.48 Å². The Kier molecular flexibility index (Phi) is 14.2. The van der Waals surface area contributed by atoms with Gasteiger partial charge < -0.3 is 9.80 Å². The van der Waals surface area contributed by atoms with Gasteiger partial charge in [0.15, 0.2) is 0 Å². The maximum atomic E-state index is 5.07. The average Bonchev–Trinajstić information content (AvgIpc) is 2.76. The summed E-state index contributed by atoms with van der Waals surface area (Å²) in [6.07, 6.45) is 0. The fourth-order valence-electron chi connectivity index (χ4n) is 1.95. The first-order chi connectivity index (χ1) is 14.2. The SMILES string of the molecule is CC(SSC(C)c1ccccc1)c1ccccc1.CN(C)C(=S)SSC(=S)N(C)C. The zero-order valence-corrected chi connectivity index (χ0v) is 23.2. The van der Waals surface area contributed by atoms with E-state index in [9.17, 15) is 0 Å². The predicted octanol–water partition coefficient (Wildman–Crippen LogP) is 7.95. The molecule has 2 unspecified atom stereocenters. The monoisotopic (exact) mass is 514 g/mol. The third-order valence-corrected chi connectivity index (χ3v) is 11.3. The summed E-state index contributed by atoms with van der Waals surface area (Å²) in [7, 11) is 14.6. The Labute approximate surface area is 209 Å². The van der Waals surface area contributed by atoms with Gasteiger partial charge in [0.1, 0.15) is 8.64 Å². The van der Waals surface area contributed by atoms with Gasteiger partial charge in [0.25, 0.3) is 0 Å². The first-order valence-corrected chi connectivity index (χ1v) is 14.7. The van der Waals surface area contributed by atoms with Gasteiger partial charge in [-0.3, -0.25) is 0 Å². The van der Waals surface area contributed by atoms with E-state index in [4.69, 9.17) is 24.4 Å². The van der Waals surface area contributed by atoms with Gasteiger partial charge >= 0.3 is 0 Å². The van der Waals surface area contributed by atoms with E-state index in [1.54, 1.807) is 0 Å². The van der Waals surface area contributed by atoms with E-state index in [-0.39, 0.29) is 0 Å². The molecule has 0 aliphatic heterocycles. The average molecular weight is 515 g/mol. The number of nitrogens with zero attached hydrogens (tertiary/aromatic N) is 2. The van der Waals surface area contributed by atoms with Gasteiger partial charge in [-0.2, -0.15) is 0 Å². The van der Waals surface area contributed by atoms with Crippen LogP contribution in [-0.2, 0) is 0 Å². The van der Waals surface area contributed by atoms with Crippen molar-refractivity contribution >= 4 is 76.3 Å². The highest BCUT2D eigenvalue weighted by molar-refractivity contribution is 8.89. The molecule has 2 rings (SSSR count). The molecule has 0 amide bonds. The fraction of sp³-hybridized carbons (Fsp3) is 0.364. The smallest absolute Gasteiger partial charge is 0.146 e. The van der Waals surface area contributed by atoms with E-state index in [1.165, 1.54) is 32.7 Å². The summed E-state index contributed by atoms with van der Waals surface area (Å²) < 4.78 is 1.67. The van der Waals surface area contributed by atoms with E-state index < -0.39 is 0 Å². The van der Waals surface area contributed by atoms with Crippen molar-refractivity contribution in [3.05, 3.63) is 71.8 Å². The van der Waals surface area contributed by atoms with E-state index in [0.717, 1.165) is 8.64 Å². The summed E-state index contributed by atoms with van der Waals surface area (Å²) in [6, 6.07) is 21.4. The van der Waals surface area contributed by atoms with Crippen molar-refractivity contribution in [3.8, 4) is 0 Å². The molecule has 0 aromatic heterocycles. The van der Waals surface area contributed by atoms with Crippen LogP contribution >= 0.6 is 67.6 Å². The van der Waals surface area contributed by atoms with E-state index in [2.05, 4.69) is 74.5 Å². The molecule has 2 atom stereocenters. The van der Waals surface area contributed by atoms with Crippen molar-refractivity contribution in [2.24, 2.45) is 0 Å². The quantitative estimate of drug-likeness (QED) is 0.289. The van der Waals surface area contributed by atoms with Gasteiger partial charge in [0.2, 0.25) is 0 Å². The number of hydrogen-bond acceptors (Lipinski definition) is 6. The lowest BCUT2D eigenvalue weighted by Crippen LogP contribution is -2.18. The largest absolute Gasteiger partial charge is 0.363 e. The highest BCUT2D eigenvalue weighted by Gasteiger charge is 2.10. The van der Waals surface area contributed by atoms with Crippen LogP contribution in [0.2, 0.25) is 0 Å². The van der Waals surface area contributed by atoms with Crippen LogP contribution < -0.4 is 0 Å². The van der Waals surface area contributed by atoms with Crippen LogP contribution in [0.3, 0.4) is 0 Å². The van der Waals surface area contributed by atoms with Crippen molar-refractivity contribution in [2.75, 3.05) is 28.2 Å². The molecule has 0 bridgehead atoms. The summed E-state index contributed by atoms with van der Waals surface area (Å²) >= 11 is 10.1. The minimum atomic E-state index is 0.530. The van der Waals surface area contributed by atoms with Gasteiger partial charge in [-0.1, -0.05) is 107 Å². The molecule has 2 aromatic carbocycles. The van der Waals surface area contributed by atoms with E-state index in [1.807, 2.05) is 59.6 Å². The predicted molar refractivity (Wildman–Crippen MR) is 153 cm³/mol. The number of rotatable bonds is 5. The molecule has 0 radical (unpaired) electrons. The third kappa shape index (κ3) is 11.3. The van der Waals surface area contributed by atoms with Gasteiger partial charge in [-0.25, -0.2) is 0 Å².